The van der Waals surface area contributed by atoms with Crippen LogP contribution in [0, 0.1) is 0 Å². The molecule has 0 radical (unpaired) electrons. The van der Waals surface area contributed by atoms with E-state index < -0.39 is 5.66 Å². The molecule has 2 atom stereocenters. The molecule has 1 aromatic rings. The van der Waals surface area contributed by atoms with E-state index in [1.54, 1.807) is 0 Å². The fraction of sp³-hybridized carbons (Fsp3) is 0.381. The Morgan fingerprint density at radius 2 is 1.83 bits per heavy atom. The van der Waals surface area contributed by atoms with Gasteiger partial charge < -0.3 is 0 Å². The van der Waals surface area contributed by atoms with E-state index in [1.165, 1.54) is 5.56 Å². The minimum Gasteiger partial charge on any atom is -0.276 e. The molecule has 0 bridgehead atoms. The molecule has 0 aliphatic rings. The number of nitrogens with zero attached hydrogens (tertiary/aromatic N) is 2. The summed E-state index contributed by atoms with van der Waals surface area (Å²) in [6.45, 7) is 16.5. The molecule has 0 saturated carbocycles. The number of benzene rings is 1. The molecule has 0 fully saturated rings. The number of aliphatic imine (C=N–C) groups is 1. The number of hydrogen-bond acceptors (Lipinski definition) is 2. The lowest BCUT2D eigenvalue weighted by Gasteiger charge is -2.46. The van der Waals surface area contributed by atoms with Gasteiger partial charge in [0.05, 0.1) is 0 Å². The summed E-state index contributed by atoms with van der Waals surface area (Å²) in [6.07, 6.45) is 8.02. The van der Waals surface area contributed by atoms with Gasteiger partial charge >= 0.3 is 0 Å². The number of hydrogen-bond donors (Lipinski definition) is 0. The van der Waals surface area contributed by atoms with Crippen LogP contribution in [0.25, 0.3) is 0 Å². The minimum absolute atomic E-state index is 0.142. The van der Waals surface area contributed by atoms with E-state index in [2.05, 4.69) is 81.3 Å². The maximum atomic E-state index is 4.64. The van der Waals surface area contributed by atoms with E-state index >= 15 is 0 Å². The molecule has 0 aliphatic heterocycles. The predicted molar refractivity (Wildman–Crippen MR) is 103 cm³/mol. The molecule has 2 nitrogen and oxygen atoms in total. The Morgan fingerprint density at radius 3 is 2.26 bits per heavy atom. The molecule has 1 aromatic carbocycles. The van der Waals surface area contributed by atoms with Gasteiger partial charge in [-0.2, -0.15) is 0 Å². The van der Waals surface area contributed by atoms with Gasteiger partial charge in [0.25, 0.3) is 0 Å². The van der Waals surface area contributed by atoms with Gasteiger partial charge in [0, 0.05) is 12.0 Å². The molecule has 0 aliphatic carbocycles. The zero-order valence-electron chi connectivity index (χ0n) is 15.2. The average molecular weight is 310 g/mol. The van der Waals surface area contributed by atoms with Gasteiger partial charge in [0.2, 0.25) is 0 Å². The molecule has 2 heteroatoms. The molecule has 0 heterocycles. The molecule has 2 unspecified atom stereocenters. The summed E-state index contributed by atoms with van der Waals surface area (Å²) < 4.78 is 0. The first kappa shape index (κ1) is 19.1. The fourth-order valence-electron chi connectivity index (χ4n) is 3.01. The normalized spacial score (nSPS) is 16.6. The third-order valence-corrected chi connectivity index (χ3v) is 4.57. The highest BCUT2D eigenvalue weighted by Crippen LogP contribution is 2.41. The van der Waals surface area contributed by atoms with E-state index in [9.17, 15) is 0 Å². The van der Waals surface area contributed by atoms with Crippen molar-refractivity contribution in [2.75, 3.05) is 7.05 Å². The van der Waals surface area contributed by atoms with Gasteiger partial charge in [-0.3, -0.25) is 9.89 Å². The molecule has 0 aromatic heterocycles. The lowest BCUT2D eigenvalue weighted by atomic mass is 9.80. The van der Waals surface area contributed by atoms with Crippen LogP contribution in [0.2, 0.25) is 0 Å². The summed E-state index contributed by atoms with van der Waals surface area (Å²) in [5.41, 5.74) is 1.73. The number of allylic oxidation sites excluding steroid dienone is 3. The second-order valence-electron chi connectivity index (χ2n) is 6.07. The first-order chi connectivity index (χ1) is 10.9. The highest BCUT2D eigenvalue weighted by Gasteiger charge is 2.43. The Bertz CT molecular complexity index is 569. The summed E-state index contributed by atoms with van der Waals surface area (Å²) in [5.74, 6) is 0.142. The summed E-state index contributed by atoms with van der Waals surface area (Å²) in [6, 6.07) is 10.8. The van der Waals surface area contributed by atoms with Gasteiger partial charge in [-0.25, -0.2) is 0 Å². The first-order valence-corrected chi connectivity index (χ1v) is 8.17. The summed E-state index contributed by atoms with van der Waals surface area (Å²) in [7, 11) is 2.10. The van der Waals surface area contributed by atoms with Gasteiger partial charge in [-0.15, -0.1) is 0 Å². The fourth-order valence-corrected chi connectivity index (χ4v) is 3.01. The third kappa shape index (κ3) is 3.89. The van der Waals surface area contributed by atoms with E-state index in [4.69, 9.17) is 0 Å². The zero-order chi connectivity index (χ0) is 17.5. The molecule has 0 saturated heterocycles. The predicted octanol–water partition coefficient (Wildman–Crippen LogP) is 5.22. The van der Waals surface area contributed by atoms with Crippen LogP contribution in [-0.4, -0.2) is 30.4 Å². The van der Waals surface area contributed by atoms with Crippen molar-refractivity contribution in [1.29, 1.82) is 0 Å². The van der Waals surface area contributed by atoms with Gasteiger partial charge in [-0.1, -0.05) is 68.1 Å². The van der Waals surface area contributed by atoms with Gasteiger partial charge in [0.15, 0.2) is 0 Å². The molecular weight excluding hydrogens is 280 g/mol. The van der Waals surface area contributed by atoms with Crippen LogP contribution >= 0.6 is 0 Å². The Morgan fingerprint density at radius 1 is 1.22 bits per heavy atom. The summed E-state index contributed by atoms with van der Waals surface area (Å²) in [5, 5.41) is 0. The molecule has 124 valence electrons. The van der Waals surface area contributed by atoms with Crippen LogP contribution in [-0.2, 0) is 0 Å². The van der Waals surface area contributed by atoms with E-state index in [-0.39, 0.29) is 5.92 Å². The molecular formula is C21H30N2. The maximum Gasteiger partial charge on any atom is 0.144 e. The lowest BCUT2D eigenvalue weighted by molar-refractivity contribution is 0.107. The van der Waals surface area contributed by atoms with Crippen LogP contribution in [0.4, 0.5) is 0 Å². The van der Waals surface area contributed by atoms with E-state index in [1.807, 2.05) is 31.2 Å². The number of likely N-dealkylation sites (N-methyl/N-ethyl adjacent to an activating group) is 1. The maximum absolute atomic E-state index is 4.64. The SMILES string of the molecule is C=CC(=CC=CC)C(N=C)(C(C)c1ccccc1)N(C)C(C)C. The van der Waals surface area contributed by atoms with Crippen molar-refractivity contribution >= 4 is 6.72 Å². The molecule has 0 spiro atoms. The van der Waals surface area contributed by atoms with Crippen molar-refractivity contribution in [3.05, 3.63) is 72.4 Å². The largest absolute Gasteiger partial charge is 0.276 e. The second-order valence-corrected chi connectivity index (χ2v) is 6.07. The van der Waals surface area contributed by atoms with Crippen molar-refractivity contribution in [2.45, 2.75) is 45.3 Å². The van der Waals surface area contributed by atoms with Crippen molar-refractivity contribution in [1.82, 2.24) is 4.90 Å². The second kappa shape index (κ2) is 8.64. The summed E-state index contributed by atoms with van der Waals surface area (Å²) in [4.78, 5) is 6.92. The third-order valence-electron chi connectivity index (χ3n) is 4.57. The van der Waals surface area contributed by atoms with Crippen molar-refractivity contribution < 1.29 is 0 Å². The van der Waals surface area contributed by atoms with Gasteiger partial charge in [-0.05, 0) is 45.7 Å². The average Bonchev–Trinajstić information content (AvgIpc) is 2.58. The Labute approximate surface area is 141 Å². The molecule has 1 rings (SSSR count). The Kier molecular flexibility index (Phi) is 7.18. The van der Waals surface area contributed by atoms with Gasteiger partial charge in [0.1, 0.15) is 5.66 Å². The monoisotopic (exact) mass is 310 g/mol. The van der Waals surface area contributed by atoms with Crippen LogP contribution in [0.15, 0.2) is 71.8 Å². The van der Waals surface area contributed by atoms with E-state index in [0.29, 0.717) is 6.04 Å². The Hall–Kier alpha value is -1.93. The summed E-state index contributed by atoms with van der Waals surface area (Å²) >= 11 is 0. The first-order valence-electron chi connectivity index (χ1n) is 8.17. The van der Waals surface area contributed by atoms with Crippen LogP contribution in [0.5, 0.6) is 0 Å². The number of rotatable bonds is 8. The molecule has 0 amide bonds. The molecule has 0 N–H and O–H groups in total. The quantitative estimate of drug-likeness (QED) is 0.475. The van der Waals surface area contributed by atoms with Crippen molar-refractivity contribution in [3.63, 3.8) is 0 Å². The topological polar surface area (TPSA) is 15.6 Å². The smallest absolute Gasteiger partial charge is 0.144 e. The minimum atomic E-state index is -0.559. The Balaban J connectivity index is 3.58. The van der Waals surface area contributed by atoms with Crippen molar-refractivity contribution in [3.8, 4) is 0 Å². The standard InChI is InChI=1S/C21H30N2/c1-8-10-16-20(9-2)21(22-6,23(7)17(3)4)18(5)19-14-12-11-13-15-19/h8-18H,2,6H2,1,3-5,7H3. The van der Waals surface area contributed by atoms with Crippen LogP contribution < -0.4 is 0 Å². The lowest BCUT2D eigenvalue weighted by Crippen LogP contribution is -2.52. The van der Waals surface area contributed by atoms with E-state index in [0.717, 1.165) is 5.57 Å². The highest BCUT2D eigenvalue weighted by molar-refractivity contribution is 5.43. The van der Waals surface area contributed by atoms with Crippen LogP contribution in [0.3, 0.4) is 0 Å². The van der Waals surface area contributed by atoms with Crippen LogP contribution in [0.1, 0.15) is 39.2 Å². The van der Waals surface area contributed by atoms with Crippen molar-refractivity contribution in [2.24, 2.45) is 4.99 Å². The highest BCUT2D eigenvalue weighted by atomic mass is 15.3. The molecule has 23 heavy (non-hydrogen) atoms. The zero-order valence-corrected chi connectivity index (χ0v) is 15.2.